The van der Waals surface area contributed by atoms with Crippen molar-refractivity contribution in [1.29, 1.82) is 0 Å². The van der Waals surface area contributed by atoms with Crippen LogP contribution in [0, 0.1) is 12.8 Å². The summed E-state index contributed by atoms with van der Waals surface area (Å²) in [5, 5.41) is 7.72. The van der Waals surface area contributed by atoms with Crippen LogP contribution in [0.25, 0.3) is 5.69 Å². The molecule has 0 fully saturated rings. The van der Waals surface area contributed by atoms with Gasteiger partial charge in [0.05, 0.1) is 34.9 Å². The Hall–Kier alpha value is -2.95. The Morgan fingerprint density at radius 2 is 1.85 bits per heavy atom. The van der Waals surface area contributed by atoms with E-state index in [4.69, 9.17) is 5.10 Å². The highest BCUT2D eigenvalue weighted by Crippen LogP contribution is 2.21. The first-order valence-corrected chi connectivity index (χ1v) is 8.88. The number of carbonyl (C=O) groups excluding carboxylic acids is 1. The minimum atomic E-state index is -0.106. The molecular formula is C21H24N4O. The van der Waals surface area contributed by atoms with Crippen molar-refractivity contribution in [2.24, 2.45) is 5.92 Å². The van der Waals surface area contributed by atoms with E-state index in [0.29, 0.717) is 18.0 Å². The Morgan fingerprint density at radius 3 is 2.50 bits per heavy atom. The predicted octanol–water partition coefficient (Wildman–Crippen LogP) is 3.70. The molecule has 0 saturated heterocycles. The summed E-state index contributed by atoms with van der Waals surface area (Å²) >= 11 is 0. The second kappa shape index (κ2) is 7.95. The van der Waals surface area contributed by atoms with Gasteiger partial charge in [0.15, 0.2) is 0 Å². The lowest BCUT2D eigenvalue weighted by Gasteiger charge is -2.08. The Balaban J connectivity index is 1.91. The molecule has 0 radical (unpaired) electrons. The summed E-state index contributed by atoms with van der Waals surface area (Å²) in [7, 11) is 0. The van der Waals surface area contributed by atoms with Crippen LogP contribution < -0.4 is 5.32 Å². The summed E-state index contributed by atoms with van der Waals surface area (Å²) < 4.78 is 1.85. The Morgan fingerprint density at radius 1 is 1.12 bits per heavy atom. The highest BCUT2D eigenvalue weighted by molar-refractivity contribution is 5.96. The molecule has 2 aromatic heterocycles. The van der Waals surface area contributed by atoms with E-state index >= 15 is 0 Å². The zero-order chi connectivity index (χ0) is 18.5. The molecule has 5 heteroatoms. The second-order valence-corrected chi connectivity index (χ2v) is 6.76. The molecule has 0 unspecified atom stereocenters. The number of rotatable bonds is 6. The summed E-state index contributed by atoms with van der Waals surface area (Å²) in [6.45, 7) is 6.61. The van der Waals surface area contributed by atoms with Crippen molar-refractivity contribution in [3.8, 4) is 5.69 Å². The lowest BCUT2D eigenvalue weighted by molar-refractivity contribution is 0.0948. The number of pyridine rings is 1. The first-order chi connectivity index (χ1) is 12.6. The molecule has 2 heterocycles. The number of para-hydroxylation sites is 1. The predicted molar refractivity (Wildman–Crippen MR) is 102 cm³/mol. The van der Waals surface area contributed by atoms with Crippen LogP contribution in [-0.2, 0) is 13.0 Å². The smallest absolute Gasteiger partial charge is 0.255 e. The van der Waals surface area contributed by atoms with Crippen LogP contribution in [0.3, 0.4) is 0 Å². The van der Waals surface area contributed by atoms with E-state index in [1.165, 1.54) is 0 Å². The van der Waals surface area contributed by atoms with Gasteiger partial charge < -0.3 is 5.32 Å². The molecule has 0 bridgehead atoms. The van der Waals surface area contributed by atoms with Crippen molar-refractivity contribution < 1.29 is 4.79 Å². The van der Waals surface area contributed by atoms with Crippen LogP contribution in [0.4, 0.5) is 0 Å². The fraction of sp³-hybridized carbons (Fsp3) is 0.286. The van der Waals surface area contributed by atoms with Crippen LogP contribution >= 0.6 is 0 Å². The van der Waals surface area contributed by atoms with Crippen molar-refractivity contribution in [2.75, 3.05) is 0 Å². The van der Waals surface area contributed by atoms with Gasteiger partial charge in [0, 0.05) is 6.20 Å². The SMILES string of the molecule is Cc1c(C(=O)NCc2ccccn2)c(CC(C)C)nn1-c1ccccc1. The average molecular weight is 348 g/mol. The van der Waals surface area contributed by atoms with Crippen molar-refractivity contribution in [2.45, 2.75) is 33.7 Å². The van der Waals surface area contributed by atoms with E-state index in [2.05, 4.69) is 24.1 Å². The molecule has 0 aliphatic rings. The number of hydrogen-bond acceptors (Lipinski definition) is 3. The molecule has 26 heavy (non-hydrogen) atoms. The van der Waals surface area contributed by atoms with Crippen molar-refractivity contribution in [3.63, 3.8) is 0 Å². The minimum Gasteiger partial charge on any atom is -0.346 e. The molecule has 0 atom stereocenters. The number of benzene rings is 1. The molecule has 0 spiro atoms. The van der Waals surface area contributed by atoms with Crippen LogP contribution in [-0.4, -0.2) is 20.7 Å². The van der Waals surface area contributed by atoms with Gasteiger partial charge in [0.1, 0.15) is 0 Å². The topological polar surface area (TPSA) is 59.8 Å². The summed E-state index contributed by atoms with van der Waals surface area (Å²) in [5.41, 5.74) is 4.14. The molecule has 5 nitrogen and oxygen atoms in total. The standard InChI is InChI=1S/C21H24N4O/c1-15(2)13-19-20(21(26)23-14-17-9-7-8-12-22-17)16(3)25(24-19)18-10-5-4-6-11-18/h4-12,15H,13-14H2,1-3H3,(H,23,26). The molecule has 0 saturated carbocycles. The molecule has 3 aromatic rings. The Kier molecular flexibility index (Phi) is 5.46. The third-order valence-corrected chi connectivity index (χ3v) is 4.17. The second-order valence-electron chi connectivity index (χ2n) is 6.76. The van der Waals surface area contributed by atoms with E-state index in [9.17, 15) is 4.79 Å². The lowest BCUT2D eigenvalue weighted by Crippen LogP contribution is -2.25. The largest absolute Gasteiger partial charge is 0.346 e. The van der Waals surface area contributed by atoms with Gasteiger partial charge >= 0.3 is 0 Å². The molecule has 134 valence electrons. The first kappa shape index (κ1) is 17.9. The maximum absolute atomic E-state index is 12.9. The number of nitrogens with one attached hydrogen (secondary N) is 1. The highest BCUT2D eigenvalue weighted by atomic mass is 16.1. The van der Waals surface area contributed by atoms with Crippen molar-refractivity contribution in [1.82, 2.24) is 20.1 Å². The van der Waals surface area contributed by atoms with E-state index < -0.39 is 0 Å². The summed E-state index contributed by atoms with van der Waals surface area (Å²) in [6, 6.07) is 15.6. The minimum absolute atomic E-state index is 0.106. The molecule has 1 aromatic carbocycles. The summed E-state index contributed by atoms with van der Waals surface area (Å²) in [6.07, 6.45) is 2.48. The third kappa shape index (κ3) is 3.99. The van der Waals surface area contributed by atoms with E-state index in [1.807, 2.05) is 60.1 Å². The van der Waals surface area contributed by atoms with Gasteiger partial charge in [-0.25, -0.2) is 4.68 Å². The lowest BCUT2D eigenvalue weighted by atomic mass is 10.0. The molecule has 0 aliphatic carbocycles. The van der Waals surface area contributed by atoms with Crippen LogP contribution in [0.2, 0.25) is 0 Å². The molecule has 1 N–H and O–H groups in total. The monoisotopic (exact) mass is 348 g/mol. The molecule has 3 rings (SSSR count). The number of carbonyl (C=O) groups is 1. The molecule has 1 amide bonds. The van der Waals surface area contributed by atoms with Crippen molar-refractivity contribution in [3.05, 3.63) is 77.4 Å². The fourth-order valence-electron chi connectivity index (χ4n) is 2.97. The number of aromatic nitrogens is 3. The summed E-state index contributed by atoms with van der Waals surface area (Å²) in [4.78, 5) is 17.1. The number of nitrogens with zero attached hydrogens (tertiary/aromatic N) is 3. The fourth-order valence-corrected chi connectivity index (χ4v) is 2.97. The van der Waals surface area contributed by atoms with Gasteiger partial charge in [-0.1, -0.05) is 38.1 Å². The number of amides is 1. The summed E-state index contributed by atoms with van der Waals surface area (Å²) in [5.74, 6) is 0.307. The van der Waals surface area contributed by atoms with Crippen molar-refractivity contribution >= 4 is 5.91 Å². The van der Waals surface area contributed by atoms with Crippen LogP contribution in [0.1, 0.15) is 41.3 Å². The van der Waals surface area contributed by atoms with Gasteiger partial charge in [-0.05, 0) is 43.5 Å². The third-order valence-electron chi connectivity index (χ3n) is 4.17. The van der Waals surface area contributed by atoms with E-state index in [0.717, 1.165) is 29.2 Å². The van der Waals surface area contributed by atoms with E-state index in [1.54, 1.807) is 6.20 Å². The van der Waals surface area contributed by atoms with Gasteiger partial charge in [-0.2, -0.15) is 5.10 Å². The van der Waals surface area contributed by atoms with Crippen LogP contribution in [0.15, 0.2) is 54.7 Å². The van der Waals surface area contributed by atoms with Crippen LogP contribution in [0.5, 0.6) is 0 Å². The van der Waals surface area contributed by atoms with E-state index in [-0.39, 0.29) is 5.91 Å². The normalized spacial score (nSPS) is 10.9. The molecular weight excluding hydrogens is 324 g/mol. The maximum Gasteiger partial charge on any atom is 0.255 e. The molecule has 0 aliphatic heterocycles. The Labute approximate surface area is 154 Å². The van der Waals surface area contributed by atoms with Gasteiger partial charge in [-0.3, -0.25) is 9.78 Å². The zero-order valence-corrected chi connectivity index (χ0v) is 15.4. The van der Waals surface area contributed by atoms with Gasteiger partial charge in [-0.15, -0.1) is 0 Å². The maximum atomic E-state index is 12.9. The zero-order valence-electron chi connectivity index (χ0n) is 15.4. The Bertz CT molecular complexity index is 870. The highest BCUT2D eigenvalue weighted by Gasteiger charge is 2.22. The van der Waals surface area contributed by atoms with Gasteiger partial charge in [0.2, 0.25) is 0 Å². The number of hydrogen-bond donors (Lipinski definition) is 1. The first-order valence-electron chi connectivity index (χ1n) is 8.88. The quantitative estimate of drug-likeness (QED) is 0.739. The average Bonchev–Trinajstić information content (AvgIpc) is 2.97. The van der Waals surface area contributed by atoms with Gasteiger partial charge in [0.25, 0.3) is 5.91 Å².